The van der Waals surface area contributed by atoms with Crippen molar-refractivity contribution in [1.29, 1.82) is 0 Å². The van der Waals surface area contributed by atoms with Crippen LogP contribution in [0.2, 0.25) is 0 Å². The van der Waals surface area contributed by atoms with Gasteiger partial charge in [-0.1, -0.05) is 6.07 Å². The number of nitrogens with two attached hydrogens (primary N) is 1. The maximum atomic E-state index is 11.6. The first-order chi connectivity index (χ1) is 8.58. The fraction of sp³-hybridized carbons (Fsp3) is 0.385. The lowest BCUT2D eigenvalue weighted by molar-refractivity contribution is -0.117. The molecule has 0 radical (unpaired) electrons. The zero-order valence-electron chi connectivity index (χ0n) is 10.3. The minimum Gasteiger partial charge on any atom is -0.325 e. The Balaban J connectivity index is 2.15. The topological polar surface area (TPSA) is 75.4 Å². The van der Waals surface area contributed by atoms with Crippen molar-refractivity contribution in [3.63, 3.8) is 0 Å². The molecule has 1 heterocycles. The van der Waals surface area contributed by atoms with Gasteiger partial charge in [0.1, 0.15) is 0 Å². The van der Waals surface area contributed by atoms with E-state index in [2.05, 4.69) is 5.32 Å². The molecule has 1 atom stereocenters. The van der Waals surface area contributed by atoms with E-state index in [1.807, 2.05) is 12.1 Å². The van der Waals surface area contributed by atoms with Crippen LogP contribution < -0.4 is 16.0 Å². The van der Waals surface area contributed by atoms with E-state index in [0.29, 0.717) is 12.1 Å². The molecule has 0 saturated carbocycles. The van der Waals surface area contributed by atoms with Crippen LogP contribution in [0.3, 0.4) is 0 Å². The van der Waals surface area contributed by atoms with Crippen molar-refractivity contribution in [1.82, 2.24) is 0 Å². The van der Waals surface area contributed by atoms with Crippen molar-refractivity contribution in [2.45, 2.75) is 25.8 Å². The van der Waals surface area contributed by atoms with Crippen LogP contribution in [0.25, 0.3) is 0 Å². The largest absolute Gasteiger partial charge is 0.325 e. The number of nitrogens with one attached hydrogen (secondary N) is 1. The molecule has 1 saturated heterocycles. The summed E-state index contributed by atoms with van der Waals surface area (Å²) in [5, 5.41) is 2.72. The van der Waals surface area contributed by atoms with Gasteiger partial charge in [-0.05, 0) is 31.5 Å². The molecule has 1 aliphatic heterocycles. The number of carbonyl (C=O) groups excluding carboxylic acids is 2. The van der Waals surface area contributed by atoms with Gasteiger partial charge in [-0.3, -0.25) is 9.59 Å². The standard InChI is InChI=1S/C13H17N3O2/c1-9(14)13(18)15-10-4-2-5-11(8-10)16-7-3-6-12(16)17/h2,4-5,8-9H,3,6-7,14H2,1H3,(H,15,18)/t9-/m1/s1. The molecule has 0 aromatic heterocycles. The van der Waals surface area contributed by atoms with Gasteiger partial charge in [0.15, 0.2) is 0 Å². The summed E-state index contributed by atoms with van der Waals surface area (Å²) in [6.07, 6.45) is 1.48. The predicted molar refractivity (Wildman–Crippen MR) is 70.3 cm³/mol. The smallest absolute Gasteiger partial charge is 0.240 e. The Morgan fingerprint density at radius 1 is 1.50 bits per heavy atom. The van der Waals surface area contributed by atoms with Gasteiger partial charge < -0.3 is 16.0 Å². The second-order valence-electron chi connectivity index (χ2n) is 4.48. The molecule has 1 fully saturated rings. The Morgan fingerprint density at radius 2 is 2.28 bits per heavy atom. The lowest BCUT2D eigenvalue weighted by Gasteiger charge is -2.17. The molecule has 2 rings (SSSR count). The van der Waals surface area contributed by atoms with Crippen LogP contribution in [-0.4, -0.2) is 24.4 Å². The third kappa shape index (κ3) is 2.68. The molecule has 0 unspecified atom stereocenters. The first kappa shape index (κ1) is 12.6. The summed E-state index contributed by atoms with van der Waals surface area (Å²) in [6, 6.07) is 6.71. The summed E-state index contributed by atoms with van der Waals surface area (Å²) in [5.74, 6) is -0.106. The van der Waals surface area contributed by atoms with E-state index in [-0.39, 0.29) is 11.8 Å². The number of hydrogen-bond donors (Lipinski definition) is 2. The Kier molecular flexibility index (Phi) is 3.62. The van der Waals surface area contributed by atoms with Crippen molar-refractivity contribution in [2.24, 2.45) is 5.73 Å². The van der Waals surface area contributed by atoms with Crippen LogP contribution in [0, 0.1) is 0 Å². The molecule has 5 nitrogen and oxygen atoms in total. The molecule has 5 heteroatoms. The molecule has 0 bridgehead atoms. The van der Waals surface area contributed by atoms with Crippen LogP contribution in [0.5, 0.6) is 0 Å². The molecule has 0 spiro atoms. The summed E-state index contributed by atoms with van der Waals surface area (Å²) < 4.78 is 0. The van der Waals surface area contributed by atoms with Crippen LogP contribution >= 0.6 is 0 Å². The predicted octanol–water partition coefficient (Wildman–Crippen LogP) is 1.10. The van der Waals surface area contributed by atoms with Crippen LogP contribution in [0.15, 0.2) is 24.3 Å². The molecule has 18 heavy (non-hydrogen) atoms. The molecule has 3 N–H and O–H groups in total. The van der Waals surface area contributed by atoms with Gasteiger partial charge in [-0.15, -0.1) is 0 Å². The van der Waals surface area contributed by atoms with Crippen LogP contribution in [0.4, 0.5) is 11.4 Å². The van der Waals surface area contributed by atoms with E-state index >= 15 is 0 Å². The number of carbonyl (C=O) groups is 2. The third-order valence-corrected chi connectivity index (χ3v) is 2.91. The highest BCUT2D eigenvalue weighted by atomic mass is 16.2. The van der Waals surface area contributed by atoms with Gasteiger partial charge in [0.05, 0.1) is 6.04 Å². The van der Waals surface area contributed by atoms with E-state index in [0.717, 1.165) is 18.7 Å². The van der Waals surface area contributed by atoms with E-state index < -0.39 is 6.04 Å². The number of rotatable bonds is 3. The minimum atomic E-state index is -0.554. The first-order valence-corrected chi connectivity index (χ1v) is 6.05. The monoisotopic (exact) mass is 247 g/mol. The number of anilines is 2. The summed E-state index contributed by atoms with van der Waals surface area (Å²) in [7, 11) is 0. The molecular weight excluding hydrogens is 230 g/mol. The van der Waals surface area contributed by atoms with E-state index in [9.17, 15) is 9.59 Å². The highest BCUT2D eigenvalue weighted by Crippen LogP contribution is 2.24. The molecule has 1 aromatic rings. The molecule has 2 amide bonds. The summed E-state index contributed by atoms with van der Waals surface area (Å²) in [4.78, 5) is 24.9. The molecule has 96 valence electrons. The van der Waals surface area contributed by atoms with Crippen LogP contribution in [0.1, 0.15) is 19.8 Å². The average Bonchev–Trinajstić information content (AvgIpc) is 2.75. The number of benzene rings is 1. The Bertz CT molecular complexity index is 471. The average molecular weight is 247 g/mol. The normalized spacial score (nSPS) is 16.8. The summed E-state index contributed by atoms with van der Waals surface area (Å²) in [6.45, 7) is 2.37. The SMILES string of the molecule is C[C@@H](N)C(=O)Nc1cccc(N2CCCC2=O)c1. The lowest BCUT2D eigenvalue weighted by Crippen LogP contribution is -2.32. The Hall–Kier alpha value is -1.88. The lowest BCUT2D eigenvalue weighted by atomic mass is 10.2. The minimum absolute atomic E-state index is 0.130. The molecule has 1 aromatic carbocycles. The molecule has 0 aliphatic carbocycles. The fourth-order valence-corrected chi connectivity index (χ4v) is 1.93. The van der Waals surface area contributed by atoms with Gasteiger partial charge >= 0.3 is 0 Å². The maximum absolute atomic E-state index is 11.6. The highest BCUT2D eigenvalue weighted by molar-refractivity contribution is 5.98. The van der Waals surface area contributed by atoms with Gasteiger partial charge in [0, 0.05) is 24.3 Å². The third-order valence-electron chi connectivity index (χ3n) is 2.91. The number of nitrogens with zero attached hydrogens (tertiary/aromatic N) is 1. The van der Waals surface area contributed by atoms with Gasteiger partial charge in [-0.2, -0.15) is 0 Å². The van der Waals surface area contributed by atoms with Crippen molar-refractivity contribution >= 4 is 23.2 Å². The molecular formula is C13H17N3O2. The first-order valence-electron chi connectivity index (χ1n) is 6.05. The number of amides is 2. The van der Waals surface area contributed by atoms with Crippen molar-refractivity contribution in [3.8, 4) is 0 Å². The van der Waals surface area contributed by atoms with E-state index in [1.54, 1.807) is 24.0 Å². The Labute approximate surface area is 106 Å². The van der Waals surface area contributed by atoms with Gasteiger partial charge in [0.25, 0.3) is 0 Å². The molecule has 1 aliphatic rings. The zero-order chi connectivity index (χ0) is 13.1. The maximum Gasteiger partial charge on any atom is 0.240 e. The van der Waals surface area contributed by atoms with Gasteiger partial charge in [0.2, 0.25) is 11.8 Å². The zero-order valence-corrected chi connectivity index (χ0v) is 10.3. The van der Waals surface area contributed by atoms with E-state index in [1.165, 1.54) is 0 Å². The summed E-state index contributed by atoms with van der Waals surface area (Å²) in [5.41, 5.74) is 6.97. The highest BCUT2D eigenvalue weighted by Gasteiger charge is 2.21. The number of hydrogen-bond acceptors (Lipinski definition) is 3. The quantitative estimate of drug-likeness (QED) is 0.839. The van der Waals surface area contributed by atoms with Crippen LogP contribution in [-0.2, 0) is 9.59 Å². The second kappa shape index (κ2) is 5.18. The van der Waals surface area contributed by atoms with Gasteiger partial charge in [-0.25, -0.2) is 0 Å². The van der Waals surface area contributed by atoms with Crippen molar-refractivity contribution < 1.29 is 9.59 Å². The van der Waals surface area contributed by atoms with Crippen molar-refractivity contribution in [2.75, 3.05) is 16.8 Å². The van der Waals surface area contributed by atoms with Crippen molar-refractivity contribution in [3.05, 3.63) is 24.3 Å². The van der Waals surface area contributed by atoms with E-state index in [4.69, 9.17) is 5.73 Å². The summed E-state index contributed by atoms with van der Waals surface area (Å²) >= 11 is 0. The Morgan fingerprint density at radius 3 is 2.89 bits per heavy atom. The second-order valence-corrected chi connectivity index (χ2v) is 4.48. The fourth-order valence-electron chi connectivity index (χ4n) is 1.93.